The highest BCUT2D eigenvalue weighted by molar-refractivity contribution is 5.70. The smallest absolute Gasteiger partial charge is 0.460 e. The second kappa shape index (κ2) is 6.69. The van der Waals surface area contributed by atoms with Crippen molar-refractivity contribution < 1.29 is 27.4 Å². The predicted molar refractivity (Wildman–Crippen MR) is 72.1 cm³/mol. The number of carbonyl (C=O) groups excluding carboxylic acids is 1. The zero-order valence-corrected chi connectivity index (χ0v) is 12.1. The van der Waals surface area contributed by atoms with E-state index in [1.807, 2.05) is 0 Å². The number of benzene rings is 1. The van der Waals surface area contributed by atoms with Crippen LogP contribution in [0.1, 0.15) is 27.2 Å². The van der Waals surface area contributed by atoms with Gasteiger partial charge in [0, 0.05) is 18.3 Å². The minimum atomic E-state index is -4.73. The first-order valence-electron chi connectivity index (χ1n) is 6.37. The standard InChI is InChI=1S/C14H18F3NO3/c1-13(2,3)21-12(19)7-8-18-10-5-4-6-11(9-10)20-14(15,16)17/h4-6,9,18H,7-8H2,1-3H3. The number of ether oxygens (including phenoxy) is 2. The molecule has 0 spiro atoms. The van der Waals surface area contributed by atoms with Crippen LogP contribution in [-0.4, -0.2) is 24.5 Å². The molecule has 0 bridgehead atoms. The molecule has 0 saturated heterocycles. The predicted octanol–water partition coefficient (Wildman–Crippen LogP) is 3.73. The Morgan fingerprint density at radius 1 is 1.24 bits per heavy atom. The van der Waals surface area contributed by atoms with Gasteiger partial charge in [-0.25, -0.2) is 0 Å². The topological polar surface area (TPSA) is 47.6 Å². The van der Waals surface area contributed by atoms with Gasteiger partial charge in [-0.3, -0.25) is 4.79 Å². The molecule has 0 heterocycles. The summed E-state index contributed by atoms with van der Waals surface area (Å²) in [5, 5.41) is 2.84. The summed E-state index contributed by atoms with van der Waals surface area (Å²) in [5.41, 5.74) is -0.127. The Hall–Kier alpha value is -1.92. The number of hydrogen-bond acceptors (Lipinski definition) is 4. The molecule has 0 saturated carbocycles. The monoisotopic (exact) mass is 305 g/mol. The van der Waals surface area contributed by atoms with E-state index in [-0.39, 0.29) is 24.7 Å². The number of nitrogens with one attached hydrogen (secondary N) is 1. The van der Waals surface area contributed by atoms with Crippen molar-refractivity contribution in [3.8, 4) is 5.75 Å². The van der Waals surface area contributed by atoms with Crippen molar-refractivity contribution in [3.63, 3.8) is 0 Å². The molecular weight excluding hydrogens is 287 g/mol. The van der Waals surface area contributed by atoms with E-state index in [0.29, 0.717) is 5.69 Å². The summed E-state index contributed by atoms with van der Waals surface area (Å²) in [6, 6.07) is 5.42. The van der Waals surface area contributed by atoms with Crippen LogP contribution < -0.4 is 10.1 Å². The van der Waals surface area contributed by atoms with Crippen LogP contribution in [0.15, 0.2) is 24.3 Å². The van der Waals surface area contributed by atoms with E-state index in [2.05, 4.69) is 10.1 Å². The number of alkyl halides is 3. The molecule has 118 valence electrons. The maximum absolute atomic E-state index is 12.1. The Balaban J connectivity index is 2.46. The number of anilines is 1. The number of halogens is 3. The van der Waals surface area contributed by atoms with Crippen LogP contribution in [0.25, 0.3) is 0 Å². The number of carbonyl (C=O) groups is 1. The second-order valence-electron chi connectivity index (χ2n) is 5.34. The fourth-order valence-corrected chi connectivity index (χ4v) is 1.50. The summed E-state index contributed by atoms with van der Waals surface area (Å²) in [4.78, 5) is 11.5. The van der Waals surface area contributed by atoms with Gasteiger partial charge in [0.2, 0.25) is 0 Å². The van der Waals surface area contributed by atoms with Crippen LogP contribution in [0, 0.1) is 0 Å². The fraction of sp³-hybridized carbons (Fsp3) is 0.500. The van der Waals surface area contributed by atoms with Crippen LogP contribution in [-0.2, 0) is 9.53 Å². The van der Waals surface area contributed by atoms with E-state index in [1.54, 1.807) is 26.8 Å². The van der Waals surface area contributed by atoms with Gasteiger partial charge in [0.1, 0.15) is 11.4 Å². The van der Waals surface area contributed by atoms with Crippen LogP contribution in [0.2, 0.25) is 0 Å². The zero-order chi connectivity index (χ0) is 16.1. The minimum Gasteiger partial charge on any atom is -0.460 e. The highest BCUT2D eigenvalue weighted by Gasteiger charge is 2.31. The Morgan fingerprint density at radius 3 is 2.48 bits per heavy atom. The van der Waals surface area contributed by atoms with Crippen molar-refractivity contribution in [2.45, 2.75) is 39.2 Å². The SMILES string of the molecule is CC(C)(C)OC(=O)CCNc1cccc(OC(F)(F)F)c1. The quantitative estimate of drug-likeness (QED) is 0.842. The Labute approximate surface area is 121 Å². The van der Waals surface area contributed by atoms with Gasteiger partial charge in [-0.15, -0.1) is 13.2 Å². The van der Waals surface area contributed by atoms with Crippen molar-refractivity contribution in [2.75, 3.05) is 11.9 Å². The highest BCUT2D eigenvalue weighted by atomic mass is 19.4. The molecule has 0 aromatic heterocycles. The molecule has 0 amide bonds. The third-order valence-electron chi connectivity index (χ3n) is 2.15. The first-order valence-corrected chi connectivity index (χ1v) is 6.37. The van der Waals surface area contributed by atoms with Gasteiger partial charge in [0.15, 0.2) is 0 Å². The molecule has 0 unspecified atom stereocenters. The van der Waals surface area contributed by atoms with Crippen LogP contribution >= 0.6 is 0 Å². The highest BCUT2D eigenvalue weighted by Crippen LogP contribution is 2.25. The summed E-state index contributed by atoms with van der Waals surface area (Å²) in [6.07, 6.45) is -4.61. The van der Waals surface area contributed by atoms with E-state index >= 15 is 0 Å². The Kier molecular flexibility index (Phi) is 5.46. The van der Waals surface area contributed by atoms with E-state index in [9.17, 15) is 18.0 Å². The summed E-state index contributed by atoms with van der Waals surface area (Å²) in [6.45, 7) is 5.53. The van der Waals surface area contributed by atoms with Crippen LogP contribution in [0.4, 0.5) is 18.9 Å². The Bertz CT molecular complexity index is 481. The molecule has 1 N–H and O–H groups in total. The first-order chi connectivity index (χ1) is 9.55. The fourth-order valence-electron chi connectivity index (χ4n) is 1.50. The molecule has 0 radical (unpaired) electrons. The molecule has 1 aromatic carbocycles. The van der Waals surface area contributed by atoms with Gasteiger partial charge in [-0.05, 0) is 32.9 Å². The third-order valence-corrected chi connectivity index (χ3v) is 2.15. The lowest BCUT2D eigenvalue weighted by atomic mass is 10.2. The van der Waals surface area contributed by atoms with Gasteiger partial charge in [0.25, 0.3) is 0 Å². The molecule has 1 rings (SSSR count). The maximum Gasteiger partial charge on any atom is 0.573 e. The van der Waals surface area contributed by atoms with Gasteiger partial charge >= 0.3 is 12.3 Å². The number of esters is 1. The summed E-state index contributed by atoms with van der Waals surface area (Å²) < 4.78 is 45.2. The van der Waals surface area contributed by atoms with Crippen molar-refractivity contribution in [1.82, 2.24) is 0 Å². The molecule has 0 fully saturated rings. The normalized spacial score (nSPS) is 11.9. The minimum absolute atomic E-state index is 0.113. The molecule has 0 aliphatic rings. The Morgan fingerprint density at radius 2 is 1.90 bits per heavy atom. The lowest BCUT2D eigenvalue weighted by Crippen LogP contribution is -2.25. The number of rotatable bonds is 5. The molecule has 0 atom stereocenters. The molecule has 0 aliphatic heterocycles. The second-order valence-corrected chi connectivity index (χ2v) is 5.34. The maximum atomic E-state index is 12.1. The summed E-state index contributed by atoms with van der Waals surface area (Å²) >= 11 is 0. The molecule has 4 nitrogen and oxygen atoms in total. The average Bonchev–Trinajstić information content (AvgIpc) is 2.24. The van der Waals surface area contributed by atoms with Crippen molar-refractivity contribution in [2.24, 2.45) is 0 Å². The molecule has 7 heteroatoms. The molecule has 1 aromatic rings. The first kappa shape index (κ1) is 17.1. The van der Waals surface area contributed by atoms with Gasteiger partial charge in [-0.1, -0.05) is 6.07 Å². The third kappa shape index (κ3) is 8.06. The van der Waals surface area contributed by atoms with Crippen LogP contribution in [0.3, 0.4) is 0 Å². The average molecular weight is 305 g/mol. The lowest BCUT2D eigenvalue weighted by Gasteiger charge is -2.19. The van der Waals surface area contributed by atoms with Gasteiger partial charge in [-0.2, -0.15) is 0 Å². The molecule has 21 heavy (non-hydrogen) atoms. The molecule has 0 aliphatic carbocycles. The summed E-state index contributed by atoms with van der Waals surface area (Å²) in [5.74, 6) is -0.692. The zero-order valence-electron chi connectivity index (χ0n) is 12.1. The van der Waals surface area contributed by atoms with E-state index < -0.39 is 12.0 Å². The van der Waals surface area contributed by atoms with Crippen molar-refractivity contribution in [1.29, 1.82) is 0 Å². The van der Waals surface area contributed by atoms with Gasteiger partial charge in [0.05, 0.1) is 6.42 Å². The molecular formula is C14H18F3NO3. The van der Waals surface area contributed by atoms with Gasteiger partial charge < -0.3 is 14.8 Å². The van der Waals surface area contributed by atoms with Crippen LogP contribution in [0.5, 0.6) is 5.75 Å². The van der Waals surface area contributed by atoms with Crippen molar-refractivity contribution in [3.05, 3.63) is 24.3 Å². The van der Waals surface area contributed by atoms with E-state index in [0.717, 1.165) is 0 Å². The van der Waals surface area contributed by atoms with E-state index in [1.165, 1.54) is 18.2 Å². The lowest BCUT2D eigenvalue weighted by molar-refractivity contribution is -0.274. The van der Waals surface area contributed by atoms with E-state index in [4.69, 9.17) is 4.74 Å². The van der Waals surface area contributed by atoms with Crippen molar-refractivity contribution >= 4 is 11.7 Å². The number of hydrogen-bond donors (Lipinski definition) is 1. The largest absolute Gasteiger partial charge is 0.573 e. The summed E-state index contributed by atoms with van der Waals surface area (Å²) in [7, 11) is 0.